The molecule has 7 bridgehead atoms. The lowest BCUT2D eigenvalue weighted by molar-refractivity contribution is -0.286. The Bertz CT molecular complexity index is 1610. The van der Waals surface area contributed by atoms with E-state index in [0.717, 1.165) is 30.7 Å². The first-order chi connectivity index (χ1) is 24.1. The third-order valence-electron chi connectivity index (χ3n) is 15.1. The Balaban J connectivity index is 1.16. The second-order valence-electron chi connectivity index (χ2n) is 16.3. The number of amides is 2. The molecule has 5 saturated carbocycles. The number of likely N-dealkylation sites (tertiary alicyclic amines) is 1. The van der Waals surface area contributed by atoms with E-state index < -0.39 is 33.9 Å². The van der Waals surface area contributed by atoms with Crippen molar-refractivity contribution in [1.29, 1.82) is 0 Å². The highest BCUT2D eigenvalue weighted by atomic mass is 16.7. The van der Waals surface area contributed by atoms with Crippen LogP contribution in [0.1, 0.15) is 56.3 Å². The number of rotatable bonds is 9. The van der Waals surface area contributed by atoms with Crippen LogP contribution in [-0.4, -0.2) is 119 Å². The molecule has 3 aliphatic heterocycles. The van der Waals surface area contributed by atoms with Crippen LogP contribution in [0.5, 0.6) is 0 Å². The maximum absolute atomic E-state index is 14.2. The summed E-state index contributed by atoms with van der Waals surface area (Å²) in [6.07, 6.45) is 2.77. The number of piperidine rings is 1. The number of benzene rings is 1. The van der Waals surface area contributed by atoms with E-state index in [-0.39, 0.29) is 97.0 Å². The molecule has 5 aliphatic carbocycles. The number of hydrogen-bond donors (Lipinski definition) is 0. The van der Waals surface area contributed by atoms with Gasteiger partial charge >= 0.3 is 5.97 Å². The Hall–Kier alpha value is -2.45. The van der Waals surface area contributed by atoms with E-state index in [0.29, 0.717) is 13.0 Å². The summed E-state index contributed by atoms with van der Waals surface area (Å²) in [6, 6.07) is 6.72. The number of carbonyl (C=O) groups excluding carboxylic acids is 3. The fourth-order valence-corrected chi connectivity index (χ4v) is 13.9. The summed E-state index contributed by atoms with van der Waals surface area (Å²) < 4.78 is 46.5. The molecule has 3 heterocycles. The number of hydrogen-bond acceptors (Lipinski definition) is 11. The van der Waals surface area contributed by atoms with Crippen molar-refractivity contribution in [2.45, 2.75) is 87.6 Å². The molecule has 272 valence electrons. The summed E-state index contributed by atoms with van der Waals surface area (Å²) in [6.45, 7) is 5.73. The van der Waals surface area contributed by atoms with Gasteiger partial charge < -0.3 is 33.2 Å². The summed E-state index contributed by atoms with van der Waals surface area (Å²) in [4.78, 5) is 43.8. The van der Waals surface area contributed by atoms with Crippen molar-refractivity contribution in [2.24, 2.45) is 40.4 Å². The normalized spacial score (nSPS) is 48.3. The van der Waals surface area contributed by atoms with Gasteiger partial charge in [0.05, 0.1) is 48.3 Å². The third kappa shape index (κ3) is 3.64. The number of nitrogens with zero attached hydrogens (tertiary/aromatic N) is 2. The van der Waals surface area contributed by atoms with Crippen LogP contribution in [0.15, 0.2) is 24.3 Å². The van der Waals surface area contributed by atoms with E-state index in [1.807, 2.05) is 14.2 Å². The van der Waals surface area contributed by atoms with E-state index in [1.165, 1.54) is 0 Å². The van der Waals surface area contributed by atoms with Gasteiger partial charge in [0.15, 0.2) is 0 Å². The quantitative estimate of drug-likeness (QED) is 0.280. The van der Waals surface area contributed by atoms with Gasteiger partial charge in [-0.2, -0.15) is 0 Å². The number of anilines is 1. The average Bonchev–Trinajstić information content (AvgIpc) is 3.78. The minimum absolute atomic E-state index is 0.0457. The van der Waals surface area contributed by atoms with Crippen LogP contribution >= 0.6 is 0 Å². The maximum atomic E-state index is 14.2. The summed E-state index contributed by atoms with van der Waals surface area (Å²) in [5.41, 5.74) is -1.91. The first-order valence-corrected chi connectivity index (χ1v) is 18.4. The Morgan fingerprint density at radius 3 is 2.52 bits per heavy atom. The lowest BCUT2D eigenvalue weighted by atomic mass is 9.42. The summed E-state index contributed by atoms with van der Waals surface area (Å²) in [5, 5.41) is 0. The van der Waals surface area contributed by atoms with Gasteiger partial charge in [-0.1, -0.05) is 26.0 Å². The van der Waals surface area contributed by atoms with Crippen LogP contribution in [0.4, 0.5) is 5.69 Å². The molecule has 0 radical (unpaired) electrons. The Morgan fingerprint density at radius 1 is 1.04 bits per heavy atom. The van der Waals surface area contributed by atoms with Gasteiger partial charge in [0.25, 0.3) is 0 Å². The molecular formula is C38H50N2O10. The average molecular weight is 695 g/mol. The van der Waals surface area contributed by atoms with E-state index in [4.69, 9.17) is 33.2 Å². The van der Waals surface area contributed by atoms with Gasteiger partial charge in [0.2, 0.25) is 11.8 Å². The van der Waals surface area contributed by atoms with Crippen molar-refractivity contribution in [3.05, 3.63) is 29.8 Å². The number of likely N-dealkylation sites (N-methyl/N-ethyl adjacent to an activating group) is 1. The molecule has 8 aliphatic rings. The van der Waals surface area contributed by atoms with Gasteiger partial charge in [0, 0.05) is 82.3 Å². The molecule has 1 aromatic rings. The van der Waals surface area contributed by atoms with E-state index in [9.17, 15) is 14.4 Å². The molecule has 2 amide bonds. The molecule has 9 rings (SSSR count). The predicted octanol–water partition coefficient (Wildman–Crippen LogP) is 3.05. The number of ether oxygens (including phenoxy) is 7. The minimum Gasteiger partial charge on any atom is -0.461 e. The molecule has 8 fully saturated rings. The minimum atomic E-state index is -0.820. The zero-order valence-electron chi connectivity index (χ0n) is 29.9. The lowest BCUT2D eigenvalue weighted by Gasteiger charge is -2.70. The van der Waals surface area contributed by atoms with Gasteiger partial charge in [0.1, 0.15) is 18.0 Å². The molecular weight excluding hydrogens is 644 g/mol. The van der Waals surface area contributed by atoms with Crippen molar-refractivity contribution < 1.29 is 47.5 Å². The van der Waals surface area contributed by atoms with Crippen molar-refractivity contribution in [3.63, 3.8) is 0 Å². The number of fused-ring (bicyclic) bond motifs is 1. The van der Waals surface area contributed by atoms with Crippen LogP contribution < -0.4 is 4.90 Å². The Morgan fingerprint density at radius 2 is 1.84 bits per heavy atom. The zero-order valence-corrected chi connectivity index (χ0v) is 29.9. The van der Waals surface area contributed by atoms with Crippen LogP contribution in [0.3, 0.4) is 0 Å². The number of methoxy groups -OCH3 is 4. The second-order valence-corrected chi connectivity index (χ2v) is 16.3. The number of esters is 1. The van der Waals surface area contributed by atoms with Crippen LogP contribution in [0.25, 0.3) is 0 Å². The molecule has 12 heteroatoms. The van der Waals surface area contributed by atoms with Crippen molar-refractivity contribution in [3.8, 4) is 0 Å². The van der Waals surface area contributed by atoms with E-state index >= 15 is 0 Å². The predicted molar refractivity (Wildman–Crippen MR) is 177 cm³/mol. The number of para-hydroxylation sites is 1. The molecule has 0 N–H and O–H groups in total. The molecule has 3 spiro atoms. The molecule has 3 saturated heterocycles. The lowest BCUT2D eigenvalue weighted by Crippen LogP contribution is -2.81. The fraction of sp³-hybridized carbons (Fsp3) is 0.763. The summed E-state index contributed by atoms with van der Waals surface area (Å²) >= 11 is 0. The van der Waals surface area contributed by atoms with Crippen LogP contribution in [0, 0.1) is 40.4 Å². The fourth-order valence-electron chi connectivity index (χ4n) is 13.9. The first kappa shape index (κ1) is 33.4. The van der Waals surface area contributed by atoms with E-state index in [1.54, 1.807) is 45.4 Å². The number of carbonyl (C=O) groups is 3. The number of imide groups is 1. The SMILES string of the molecule is CCN1C[C@@]2(COC(=O)c3ccccc3N3C(=O)C[C@H](C)C3=O)CC[C@H](OC)[C@@]34[C@@H]5C[C@@H]6[C@H](OC)[C@@H]5[C@]5(C[C@H]6OC)OCO[C@@]5([C@@H](OC)[C@@H]23)[C@@H]14. The Kier molecular flexibility index (Phi) is 7.53. The van der Waals surface area contributed by atoms with Crippen molar-refractivity contribution in [1.82, 2.24) is 4.90 Å². The zero-order chi connectivity index (χ0) is 35.0. The first-order valence-electron chi connectivity index (χ1n) is 18.4. The molecule has 14 atom stereocenters. The van der Waals surface area contributed by atoms with Gasteiger partial charge in [-0.25, -0.2) is 9.69 Å². The highest BCUT2D eigenvalue weighted by Gasteiger charge is 2.94. The molecule has 50 heavy (non-hydrogen) atoms. The largest absolute Gasteiger partial charge is 0.461 e. The molecule has 0 aromatic heterocycles. The summed E-state index contributed by atoms with van der Waals surface area (Å²) in [5.74, 6) is -1.22. The Labute approximate surface area is 293 Å². The molecule has 0 unspecified atom stereocenters. The maximum Gasteiger partial charge on any atom is 0.340 e. The smallest absolute Gasteiger partial charge is 0.340 e. The third-order valence-corrected chi connectivity index (χ3v) is 15.1. The van der Waals surface area contributed by atoms with Gasteiger partial charge in [-0.15, -0.1) is 0 Å². The highest BCUT2D eigenvalue weighted by molar-refractivity contribution is 6.22. The van der Waals surface area contributed by atoms with Crippen molar-refractivity contribution >= 4 is 23.5 Å². The second kappa shape index (κ2) is 11.3. The van der Waals surface area contributed by atoms with E-state index in [2.05, 4.69) is 11.8 Å². The van der Waals surface area contributed by atoms with Crippen LogP contribution in [0.2, 0.25) is 0 Å². The van der Waals surface area contributed by atoms with Crippen molar-refractivity contribution in [2.75, 3.05) is 59.8 Å². The standard InChI is InChI=1S/C38H50N2O10/c1-7-39-17-35(18-48-33(43)21-10-8-9-11-24(21)40-27(41)14-20(2)32(40)42)13-12-26(45-4)37-23-15-22-25(44-3)16-36(28(23)29(22)46-5)38(34(37)39,50-19-49-36)31(47-6)30(35)37/h8-11,20,22-23,25-26,28-31,34H,7,12-19H2,1-6H3/t20-,22-,23+,25+,26-,28+,29-,30-,31-,34-,35+,36-,37-,38-/m0/s1. The van der Waals surface area contributed by atoms with Gasteiger partial charge in [-0.3, -0.25) is 14.5 Å². The summed E-state index contributed by atoms with van der Waals surface area (Å²) in [7, 11) is 7.24. The van der Waals surface area contributed by atoms with Crippen LogP contribution in [-0.2, 0) is 42.7 Å². The monoisotopic (exact) mass is 694 g/mol. The van der Waals surface area contributed by atoms with Gasteiger partial charge in [-0.05, 0) is 43.9 Å². The molecule has 12 nitrogen and oxygen atoms in total. The topological polar surface area (TPSA) is 122 Å². The molecule has 1 aromatic carbocycles. The highest BCUT2D eigenvalue weighted by Crippen LogP contribution is 2.82.